The Bertz CT molecular complexity index is 528. The largest absolute Gasteiger partial charge is 0.573 e. The van der Waals surface area contributed by atoms with Crippen molar-refractivity contribution < 1.29 is 17.9 Å². The molecule has 20 heavy (non-hydrogen) atoms. The fraction of sp³-hybridized carbons (Fsp3) is 0.250. The molecule has 0 amide bonds. The Morgan fingerprint density at radius 2 is 2.00 bits per heavy atom. The highest BCUT2D eigenvalue weighted by molar-refractivity contribution is 7.09. The third-order valence-electron chi connectivity index (χ3n) is 2.58. The van der Waals surface area contributed by atoms with Gasteiger partial charge in [-0.15, -0.1) is 24.5 Å². The van der Waals surface area contributed by atoms with Crippen LogP contribution in [0.1, 0.15) is 16.6 Å². The maximum absolute atomic E-state index is 12.1. The van der Waals surface area contributed by atoms with Gasteiger partial charge < -0.3 is 4.74 Å². The third kappa shape index (κ3) is 4.19. The number of ether oxygens (including phenoxy) is 1. The number of nitrogens with one attached hydrogen (secondary N) is 1. The predicted octanol–water partition coefficient (Wildman–Crippen LogP) is 2.79. The average molecular weight is 303 g/mol. The van der Waals surface area contributed by atoms with Crippen LogP contribution in [0.5, 0.6) is 5.75 Å². The molecule has 4 nitrogen and oxygen atoms in total. The van der Waals surface area contributed by atoms with E-state index < -0.39 is 6.36 Å². The van der Waals surface area contributed by atoms with Crippen LogP contribution in [0.15, 0.2) is 35.8 Å². The normalized spacial score (nSPS) is 13.2. The molecule has 0 fully saturated rings. The molecule has 1 aromatic carbocycles. The lowest BCUT2D eigenvalue weighted by atomic mass is 10.0. The Morgan fingerprint density at radius 3 is 2.50 bits per heavy atom. The second-order valence-electron chi connectivity index (χ2n) is 3.97. The molecule has 0 aliphatic heterocycles. The zero-order valence-corrected chi connectivity index (χ0v) is 11.0. The van der Waals surface area contributed by atoms with Gasteiger partial charge in [0.1, 0.15) is 5.75 Å². The van der Waals surface area contributed by atoms with Gasteiger partial charge >= 0.3 is 6.36 Å². The van der Waals surface area contributed by atoms with Crippen molar-refractivity contribution in [1.82, 2.24) is 10.4 Å². The molecule has 3 N–H and O–H groups in total. The van der Waals surface area contributed by atoms with Crippen LogP contribution in [0, 0.1) is 0 Å². The molecule has 2 aromatic rings. The van der Waals surface area contributed by atoms with Crippen molar-refractivity contribution in [2.24, 2.45) is 5.84 Å². The zero-order chi connectivity index (χ0) is 14.6. The van der Waals surface area contributed by atoms with Gasteiger partial charge in [0.2, 0.25) is 0 Å². The minimum absolute atomic E-state index is 0.221. The molecule has 0 aliphatic rings. The standard InChI is InChI=1S/C12H12F3N3OS/c13-12(14,15)19-9-3-1-8(2-4-9)10(18-16)7-11-17-5-6-20-11/h1-6,10,18H,7,16H2. The number of nitrogens with two attached hydrogens (primary N) is 1. The van der Waals surface area contributed by atoms with E-state index >= 15 is 0 Å². The number of nitrogens with zero attached hydrogens (tertiary/aromatic N) is 1. The van der Waals surface area contributed by atoms with E-state index in [9.17, 15) is 13.2 Å². The Morgan fingerprint density at radius 1 is 1.30 bits per heavy atom. The number of thiazole rings is 1. The van der Waals surface area contributed by atoms with Crippen molar-refractivity contribution in [3.8, 4) is 5.75 Å². The van der Waals surface area contributed by atoms with E-state index in [1.165, 1.54) is 23.5 Å². The van der Waals surface area contributed by atoms with Crippen LogP contribution in [-0.2, 0) is 6.42 Å². The number of hydrogen-bond acceptors (Lipinski definition) is 5. The maximum Gasteiger partial charge on any atom is 0.573 e. The second-order valence-corrected chi connectivity index (χ2v) is 4.95. The van der Waals surface area contributed by atoms with E-state index in [0.717, 1.165) is 10.6 Å². The molecule has 1 atom stereocenters. The monoisotopic (exact) mass is 303 g/mol. The first-order valence-electron chi connectivity index (χ1n) is 5.68. The van der Waals surface area contributed by atoms with Crippen LogP contribution in [0.4, 0.5) is 13.2 Å². The summed E-state index contributed by atoms with van der Waals surface area (Å²) >= 11 is 1.49. The number of rotatable bonds is 5. The number of hydrogen-bond donors (Lipinski definition) is 2. The SMILES string of the molecule is NNC(Cc1nccs1)c1ccc(OC(F)(F)F)cc1. The number of hydrazine groups is 1. The van der Waals surface area contributed by atoms with Crippen LogP contribution in [-0.4, -0.2) is 11.3 Å². The van der Waals surface area contributed by atoms with E-state index in [2.05, 4.69) is 15.1 Å². The summed E-state index contributed by atoms with van der Waals surface area (Å²) in [6.07, 6.45) is -2.44. The average Bonchev–Trinajstić information content (AvgIpc) is 2.88. The summed E-state index contributed by atoms with van der Waals surface area (Å²) in [4.78, 5) is 4.15. The quantitative estimate of drug-likeness (QED) is 0.658. The lowest BCUT2D eigenvalue weighted by molar-refractivity contribution is -0.274. The van der Waals surface area contributed by atoms with Gasteiger partial charge in [0.25, 0.3) is 0 Å². The molecular weight excluding hydrogens is 291 g/mol. The molecule has 0 saturated heterocycles. The van der Waals surface area contributed by atoms with Gasteiger partial charge in [0.05, 0.1) is 11.0 Å². The van der Waals surface area contributed by atoms with Gasteiger partial charge in [-0.25, -0.2) is 4.98 Å². The smallest absolute Gasteiger partial charge is 0.406 e. The molecule has 1 unspecified atom stereocenters. The highest BCUT2D eigenvalue weighted by Gasteiger charge is 2.31. The van der Waals surface area contributed by atoms with Gasteiger partial charge in [-0.3, -0.25) is 11.3 Å². The van der Waals surface area contributed by atoms with Crippen LogP contribution >= 0.6 is 11.3 Å². The third-order valence-corrected chi connectivity index (χ3v) is 3.38. The molecule has 0 bridgehead atoms. The van der Waals surface area contributed by atoms with Crippen molar-refractivity contribution in [1.29, 1.82) is 0 Å². The molecule has 1 heterocycles. The lowest BCUT2D eigenvalue weighted by Gasteiger charge is -2.16. The summed E-state index contributed by atoms with van der Waals surface area (Å²) in [6.45, 7) is 0. The summed E-state index contributed by atoms with van der Waals surface area (Å²) in [5.74, 6) is 5.22. The fourth-order valence-electron chi connectivity index (χ4n) is 1.70. The first kappa shape index (κ1) is 14.8. The summed E-state index contributed by atoms with van der Waals surface area (Å²) in [7, 11) is 0. The van der Waals surface area contributed by atoms with E-state index in [-0.39, 0.29) is 11.8 Å². The molecule has 0 spiro atoms. The van der Waals surface area contributed by atoms with Crippen LogP contribution in [0.25, 0.3) is 0 Å². The van der Waals surface area contributed by atoms with Crippen molar-refractivity contribution in [3.05, 3.63) is 46.4 Å². The second kappa shape index (κ2) is 6.21. The Kier molecular flexibility index (Phi) is 4.58. The predicted molar refractivity (Wildman–Crippen MR) is 69.0 cm³/mol. The minimum Gasteiger partial charge on any atom is -0.406 e. The van der Waals surface area contributed by atoms with Gasteiger partial charge in [-0.1, -0.05) is 12.1 Å². The van der Waals surface area contributed by atoms with Crippen LogP contribution < -0.4 is 16.0 Å². The van der Waals surface area contributed by atoms with E-state index in [1.807, 2.05) is 5.38 Å². The molecule has 108 valence electrons. The van der Waals surface area contributed by atoms with E-state index in [0.29, 0.717) is 6.42 Å². The topological polar surface area (TPSA) is 60.2 Å². The minimum atomic E-state index is -4.69. The van der Waals surface area contributed by atoms with Crippen molar-refractivity contribution in [2.45, 2.75) is 18.8 Å². The Balaban J connectivity index is 2.07. The maximum atomic E-state index is 12.1. The highest BCUT2D eigenvalue weighted by Crippen LogP contribution is 2.25. The summed E-state index contributed by atoms with van der Waals surface area (Å²) in [6, 6.07) is 5.38. The molecule has 8 heteroatoms. The first-order valence-corrected chi connectivity index (χ1v) is 6.56. The van der Waals surface area contributed by atoms with E-state index in [4.69, 9.17) is 5.84 Å². The van der Waals surface area contributed by atoms with Gasteiger partial charge in [-0.2, -0.15) is 0 Å². The summed E-state index contributed by atoms with van der Waals surface area (Å²) in [5, 5.41) is 2.74. The first-order chi connectivity index (χ1) is 9.48. The van der Waals surface area contributed by atoms with E-state index in [1.54, 1.807) is 18.3 Å². The molecule has 2 rings (SSSR count). The molecule has 1 aromatic heterocycles. The molecule has 0 saturated carbocycles. The molecular formula is C12H12F3N3OS. The number of halogens is 3. The molecule has 0 radical (unpaired) electrons. The highest BCUT2D eigenvalue weighted by atomic mass is 32.1. The van der Waals surface area contributed by atoms with Gasteiger partial charge in [0, 0.05) is 18.0 Å². The number of alkyl halides is 3. The number of aromatic nitrogens is 1. The molecule has 0 aliphatic carbocycles. The number of benzene rings is 1. The Hall–Kier alpha value is -1.64. The summed E-state index contributed by atoms with van der Waals surface area (Å²) in [5.41, 5.74) is 3.39. The zero-order valence-electron chi connectivity index (χ0n) is 10.2. The van der Waals surface area contributed by atoms with Crippen molar-refractivity contribution in [3.63, 3.8) is 0 Å². The van der Waals surface area contributed by atoms with Crippen molar-refractivity contribution in [2.75, 3.05) is 0 Å². The summed E-state index contributed by atoms with van der Waals surface area (Å²) < 4.78 is 40.0. The van der Waals surface area contributed by atoms with Gasteiger partial charge in [0.15, 0.2) is 0 Å². The van der Waals surface area contributed by atoms with Crippen molar-refractivity contribution >= 4 is 11.3 Å². The van der Waals surface area contributed by atoms with Crippen LogP contribution in [0.2, 0.25) is 0 Å². The van der Waals surface area contributed by atoms with Gasteiger partial charge in [-0.05, 0) is 17.7 Å². The Labute approximate surface area is 117 Å². The lowest BCUT2D eigenvalue weighted by Crippen LogP contribution is -2.29. The fourth-order valence-corrected chi connectivity index (χ4v) is 2.37. The van der Waals surface area contributed by atoms with Crippen LogP contribution in [0.3, 0.4) is 0 Å².